The quantitative estimate of drug-likeness (QED) is 0.350. The van der Waals surface area contributed by atoms with Gasteiger partial charge < -0.3 is 19.3 Å². The van der Waals surface area contributed by atoms with Crippen LogP contribution >= 0.6 is 0 Å². The van der Waals surface area contributed by atoms with Crippen molar-refractivity contribution in [1.82, 2.24) is 0 Å². The van der Waals surface area contributed by atoms with E-state index in [1.54, 1.807) is 6.92 Å². The van der Waals surface area contributed by atoms with E-state index in [9.17, 15) is 14.7 Å². The van der Waals surface area contributed by atoms with Gasteiger partial charge in [0.2, 0.25) is 0 Å². The molecule has 0 spiro atoms. The van der Waals surface area contributed by atoms with Crippen LogP contribution in [0.5, 0.6) is 0 Å². The number of hydrogen-bond donors (Lipinski definition) is 1. The molecule has 0 bridgehead atoms. The molecule has 0 aromatic heterocycles. The van der Waals surface area contributed by atoms with Crippen LogP contribution in [-0.2, 0) is 23.8 Å². The summed E-state index contributed by atoms with van der Waals surface area (Å²) in [5, 5.41) is 10.2. The number of aliphatic hydroxyl groups is 1. The summed E-state index contributed by atoms with van der Waals surface area (Å²) in [6.45, 7) is 11.3. The smallest absolute Gasteiger partial charge is 0.334 e. The predicted molar refractivity (Wildman–Crippen MR) is 98.8 cm³/mol. The second-order valence-electron chi connectivity index (χ2n) is 8.58. The fourth-order valence-corrected chi connectivity index (χ4v) is 3.96. The van der Waals surface area contributed by atoms with Gasteiger partial charge in [0, 0.05) is 11.5 Å². The number of carbonyl (C=O) groups excluding carboxylic acids is 2. The van der Waals surface area contributed by atoms with E-state index in [0.717, 1.165) is 18.4 Å². The number of esters is 2. The van der Waals surface area contributed by atoms with Gasteiger partial charge in [-0.15, -0.1) is 0 Å². The Morgan fingerprint density at radius 3 is 2.89 bits per heavy atom. The molecule has 0 saturated carbocycles. The predicted octanol–water partition coefficient (Wildman–Crippen LogP) is 2.83. The molecule has 2 heterocycles. The minimum atomic E-state index is -1.09. The average Bonchev–Trinajstić information content (AvgIpc) is 3.17. The molecule has 6 atom stereocenters. The second-order valence-corrected chi connectivity index (χ2v) is 8.58. The van der Waals surface area contributed by atoms with Crippen LogP contribution in [0.4, 0.5) is 0 Å². The van der Waals surface area contributed by atoms with E-state index in [1.165, 1.54) is 0 Å². The molecule has 0 amide bonds. The molecule has 150 valence electrons. The number of hydrogen-bond acceptors (Lipinski definition) is 6. The third-order valence-electron chi connectivity index (χ3n) is 6.23. The molecule has 1 aliphatic carbocycles. The summed E-state index contributed by atoms with van der Waals surface area (Å²) in [4.78, 5) is 24.5. The molecule has 3 rings (SSSR count). The number of fused-ring (bicyclic) bond motifs is 3. The maximum atomic E-state index is 12.4. The van der Waals surface area contributed by atoms with Gasteiger partial charge in [-0.3, -0.25) is 4.79 Å². The molecular weight excluding hydrogens is 348 g/mol. The van der Waals surface area contributed by atoms with Crippen molar-refractivity contribution in [2.75, 3.05) is 0 Å². The molecular formula is C21H30O6. The maximum Gasteiger partial charge on any atom is 0.334 e. The van der Waals surface area contributed by atoms with Gasteiger partial charge in [0.25, 0.3) is 0 Å². The van der Waals surface area contributed by atoms with Crippen LogP contribution < -0.4 is 0 Å². The number of rotatable bonds is 4. The molecule has 0 aromatic carbocycles. The molecule has 6 heteroatoms. The van der Waals surface area contributed by atoms with Crippen LogP contribution in [0.25, 0.3) is 0 Å². The molecule has 3 aliphatic rings. The molecule has 0 radical (unpaired) electrons. The molecule has 0 aromatic rings. The van der Waals surface area contributed by atoms with Crippen LogP contribution in [0, 0.1) is 5.92 Å². The fraction of sp³-hybridized carbons (Fsp3) is 0.714. The van der Waals surface area contributed by atoms with Crippen LogP contribution in [0.2, 0.25) is 0 Å². The summed E-state index contributed by atoms with van der Waals surface area (Å²) in [6.07, 6.45) is 3.49. The van der Waals surface area contributed by atoms with E-state index >= 15 is 0 Å². The van der Waals surface area contributed by atoms with Crippen molar-refractivity contribution in [3.63, 3.8) is 0 Å². The standard InChI is InChI=1S/C21H30O6/c1-6-20(4,24)11-16(22)25-15-10-14-13(3)19(23)26-17(14)18-21(5,27-18)9-7-8-12(15)2/h8,14-15,17-18,24H,3,6-7,9-11H2,1-2,4-5H3. The Morgan fingerprint density at radius 2 is 2.22 bits per heavy atom. The Kier molecular flexibility index (Phi) is 5.25. The molecule has 2 aliphatic heterocycles. The van der Waals surface area contributed by atoms with Crippen LogP contribution in [0.15, 0.2) is 23.8 Å². The van der Waals surface area contributed by atoms with Gasteiger partial charge in [-0.05, 0) is 52.0 Å². The van der Waals surface area contributed by atoms with Crippen molar-refractivity contribution < 1.29 is 28.9 Å². The minimum absolute atomic E-state index is 0.0679. The van der Waals surface area contributed by atoms with Gasteiger partial charge in [-0.2, -0.15) is 0 Å². The first-order valence-electron chi connectivity index (χ1n) is 9.72. The van der Waals surface area contributed by atoms with E-state index < -0.39 is 23.6 Å². The van der Waals surface area contributed by atoms with E-state index in [4.69, 9.17) is 14.2 Å². The van der Waals surface area contributed by atoms with E-state index in [0.29, 0.717) is 18.4 Å². The SMILES string of the molecule is C=C1C(=O)OC2C1CC(OC(=O)CC(C)(O)CC)C(C)=CCCC1(C)OC21. The first-order valence-corrected chi connectivity index (χ1v) is 9.72. The topological polar surface area (TPSA) is 85.4 Å². The molecule has 1 N–H and O–H groups in total. The third-order valence-corrected chi connectivity index (χ3v) is 6.23. The van der Waals surface area contributed by atoms with Gasteiger partial charge in [0.15, 0.2) is 0 Å². The lowest BCUT2D eigenvalue weighted by molar-refractivity contribution is -0.153. The highest BCUT2D eigenvalue weighted by Crippen LogP contribution is 2.50. The fourth-order valence-electron chi connectivity index (χ4n) is 3.96. The van der Waals surface area contributed by atoms with Crippen molar-refractivity contribution in [2.45, 2.75) is 89.3 Å². The number of ether oxygens (including phenoxy) is 3. The maximum absolute atomic E-state index is 12.4. The Labute approximate surface area is 160 Å². The Hall–Kier alpha value is -1.66. The normalized spacial score (nSPS) is 38.0. The molecule has 2 fully saturated rings. The van der Waals surface area contributed by atoms with Gasteiger partial charge >= 0.3 is 11.9 Å². The van der Waals surface area contributed by atoms with E-state index in [2.05, 4.69) is 12.7 Å². The summed E-state index contributed by atoms with van der Waals surface area (Å²) >= 11 is 0. The average molecular weight is 378 g/mol. The van der Waals surface area contributed by atoms with Crippen LogP contribution in [0.3, 0.4) is 0 Å². The summed E-state index contributed by atoms with van der Waals surface area (Å²) < 4.78 is 17.2. The molecule has 6 unspecified atom stereocenters. The first kappa shape index (κ1) is 20.1. The largest absolute Gasteiger partial charge is 0.458 e. The van der Waals surface area contributed by atoms with E-state index in [-0.39, 0.29) is 30.1 Å². The van der Waals surface area contributed by atoms with Gasteiger partial charge in [0.05, 0.1) is 17.6 Å². The lowest BCUT2D eigenvalue weighted by atomic mass is 9.83. The van der Waals surface area contributed by atoms with Crippen LogP contribution in [-0.4, -0.2) is 46.6 Å². The number of carbonyl (C=O) groups is 2. The number of epoxide rings is 1. The second kappa shape index (κ2) is 7.06. The Bertz CT molecular complexity index is 678. The van der Waals surface area contributed by atoms with Gasteiger partial charge in [-0.25, -0.2) is 4.79 Å². The first-order chi connectivity index (χ1) is 12.6. The van der Waals surface area contributed by atoms with Crippen molar-refractivity contribution in [1.29, 1.82) is 0 Å². The van der Waals surface area contributed by atoms with Crippen LogP contribution in [0.1, 0.15) is 59.8 Å². The lowest BCUT2D eigenvalue weighted by Gasteiger charge is -2.27. The highest BCUT2D eigenvalue weighted by Gasteiger charge is 2.61. The lowest BCUT2D eigenvalue weighted by Crippen LogP contribution is -2.34. The molecule has 27 heavy (non-hydrogen) atoms. The highest BCUT2D eigenvalue weighted by atomic mass is 16.6. The van der Waals surface area contributed by atoms with Crippen molar-refractivity contribution in [2.24, 2.45) is 5.92 Å². The third kappa shape index (κ3) is 4.11. The molecule has 6 nitrogen and oxygen atoms in total. The minimum Gasteiger partial charge on any atom is -0.458 e. The van der Waals surface area contributed by atoms with E-state index in [1.807, 2.05) is 20.8 Å². The van der Waals surface area contributed by atoms with Gasteiger partial charge in [-0.1, -0.05) is 19.6 Å². The Morgan fingerprint density at radius 1 is 1.52 bits per heavy atom. The monoisotopic (exact) mass is 378 g/mol. The van der Waals surface area contributed by atoms with Crippen molar-refractivity contribution in [3.8, 4) is 0 Å². The number of allylic oxidation sites excluding steroid dienone is 1. The zero-order valence-corrected chi connectivity index (χ0v) is 16.6. The summed E-state index contributed by atoms with van der Waals surface area (Å²) in [7, 11) is 0. The summed E-state index contributed by atoms with van der Waals surface area (Å²) in [5.74, 6) is -1.10. The zero-order chi connectivity index (χ0) is 20.0. The highest BCUT2D eigenvalue weighted by molar-refractivity contribution is 5.91. The van der Waals surface area contributed by atoms with Gasteiger partial charge in [0.1, 0.15) is 18.3 Å². The summed E-state index contributed by atoms with van der Waals surface area (Å²) in [6, 6.07) is 0. The van der Waals surface area contributed by atoms with Crippen molar-refractivity contribution >= 4 is 11.9 Å². The Balaban J connectivity index is 1.80. The zero-order valence-electron chi connectivity index (χ0n) is 16.6. The molecule has 2 saturated heterocycles. The van der Waals surface area contributed by atoms with Crippen molar-refractivity contribution in [3.05, 3.63) is 23.8 Å². The summed E-state index contributed by atoms with van der Waals surface area (Å²) in [5.41, 5.74) is -0.0261.